The van der Waals surface area contributed by atoms with Crippen LogP contribution in [0.15, 0.2) is 21.8 Å². The van der Waals surface area contributed by atoms with Crippen LogP contribution in [-0.4, -0.2) is 130 Å². The number of rotatable bonds is 20. The van der Waals surface area contributed by atoms with Gasteiger partial charge in [0.25, 0.3) is 0 Å². The lowest BCUT2D eigenvalue weighted by Crippen LogP contribution is -2.57. The highest BCUT2D eigenvalue weighted by atomic mass is 32.2. The zero-order chi connectivity index (χ0) is 41.9. The molecule has 0 aromatic carbocycles. The predicted octanol–water partition coefficient (Wildman–Crippen LogP) is 2.29. The third-order valence-electron chi connectivity index (χ3n) is 12.8. The number of allylic oxidation sites excluding steroid dienone is 1. The molecule has 6 aliphatic rings. The number of fused-ring (bicyclic) bond motifs is 4. The van der Waals surface area contributed by atoms with Crippen molar-refractivity contribution in [2.45, 2.75) is 107 Å². The second-order valence-electron chi connectivity index (χ2n) is 16.5. The third-order valence-corrected chi connectivity index (χ3v) is 14.3. The molecule has 4 amide bonds. The van der Waals surface area contributed by atoms with Crippen LogP contribution in [-0.2, 0) is 48.3 Å². The maximum absolute atomic E-state index is 14.2. The molecule has 0 bridgehead atoms. The van der Waals surface area contributed by atoms with Gasteiger partial charge in [0.05, 0.1) is 57.0 Å². The van der Waals surface area contributed by atoms with E-state index >= 15 is 0 Å². The largest absolute Gasteiger partial charge is 0.460 e. The summed E-state index contributed by atoms with van der Waals surface area (Å²) in [6, 6.07) is 0.295. The van der Waals surface area contributed by atoms with Crippen LogP contribution in [0, 0.1) is 11.3 Å². The standard InChI is InChI=1S/C41H54N4O13S/c1-40-18-25(34-32(23(40)8-9-27(40)46)36(50)37-33-22(19-56-37)38(51)58-28(20-53-3)41(33,34)2)57-31(49)11-10-30(48)43-13-15-55-17-16-54-14-12-42-29(47)7-5-4-6-26-35-24(21-59-26)44-39(52)45-35/h19,23-26,28,35H,4-18,20-21H2,1-3H3,(H,42,47)(H,43,48)(H2,44,45,52)/t23-,24-,25+,26-,28+,35-,40-,41-/m0/s1. The highest BCUT2D eigenvalue weighted by molar-refractivity contribution is 8.00. The van der Waals surface area contributed by atoms with E-state index in [1.165, 1.54) is 13.4 Å². The summed E-state index contributed by atoms with van der Waals surface area (Å²) in [6.07, 6.45) is 2.95. The van der Waals surface area contributed by atoms with Crippen LogP contribution >= 0.6 is 11.8 Å². The number of carbonyl (C=O) groups excluding carboxylic acids is 7. The van der Waals surface area contributed by atoms with Crippen LogP contribution in [0.25, 0.3) is 0 Å². The number of cyclic esters (lactones) is 1. The Labute approximate surface area is 346 Å². The lowest BCUT2D eigenvalue weighted by atomic mass is 9.54. The van der Waals surface area contributed by atoms with Crippen LogP contribution in [0.4, 0.5) is 4.79 Å². The molecular formula is C41H54N4O13S. The zero-order valence-corrected chi connectivity index (χ0v) is 34.6. The second kappa shape index (κ2) is 18.2. The predicted molar refractivity (Wildman–Crippen MR) is 210 cm³/mol. The first-order valence-electron chi connectivity index (χ1n) is 20.6. The summed E-state index contributed by atoms with van der Waals surface area (Å²) >= 11 is 1.87. The van der Waals surface area contributed by atoms with E-state index in [0.717, 1.165) is 25.0 Å². The number of methoxy groups -OCH3 is 1. The summed E-state index contributed by atoms with van der Waals surface area (Å²) in [5.74, 6) is -1.64. The molecule has 0 spiro atoms. The van der Waals surface area contributed by atoms with E-state index in [4.69, 9.17) is 28.1 Å². The maximum atomic E-state index is 14.2. The Balaban J connectivity index is 0.799. The van der Waals surface area contributed by atoms with Gasteiger partial charge in [-0.2, -0.15) is 11.8 Å². The molecule has 1 aromatic rings. The van der Waals surface area contributed by atoms with E-state index in [1.807, 2.05) is 18.7 Å². The smallest absolute Gasteiger partial charge is 0.342 e. The van der Waals surface area contributed by atoms with Crippen LogP contribution in [0.1, 0.15) is 98.1 Å². The second-order valence-corrected chi connectivity index (χ2v) is 17.7. The minimum Gasteiger partial charge on any atom is -0.460 e. The summed E-state index contributed by atoms with van der Waals surface area (Å²) in [4.78, 5) is 90.2. The van der Waals surface area contributed by atoms with Gasteiger partial charge in [-0.05, 0) is 31.8 Å². The lowest BCUT2D eigenvalue weighted by molar-refractivity contribution is -0.153. The lowest BCUT2D eigenvalue weighted by Gasteiger charge is -2.51. The Morgan fingerprint density at radius 2 is 1.68 bits per heavy atom. The number of Topliss-reactive ketones (excluding diaryl/α,β-unsaturated/α-hetero) is 2. The number of urea groups is 1. The van der Waals surface area contributed by atoms with E-state index in [0.29, 0.717) is 61.2 Å². The van der Waals surface area contributed by atoms with Crippen LogP contribution < -0.4 is 21.3 Å². The van der Waals surface area contributed by atoms with Gasteiger partial charge in [0.2, 0.25) is 17.6 Å². The van der Waals surface area contributed by atoms with E-state index in [2.05, 4.69) is 21.3 Å². The van der Waals surface area contributed by atoms with Crippen molar-refractivity contribution in [3.05, 3.63) is 34.3 Å². The number of furan rings is 1. The quantitative estimate of drug-likeness (QED) is 0.0840. The summed E-state index contributed by atoms with van der Waals surface area (Å²) in [5.41, 5.74) is -0.743. The molecular weight excluding hydrogens is 789 g/mol. The number of unbranched alkanes of at least 4 members (excludes halogenated alkanes) is 1. The number of esters is 2. The number of carbonyl (C=O) groups is 7. The zero-order valence-electron chi connectivity index (χ0n) is 33.8. The topological polar surface area (TPSA) is 227 Å². The minimum atomic E-state index is -1.14. The number of ether oxygens (including phenoxy) is 5. The van der Waals surface area contributed by atoms with Gasteiger partial charge in [0.15, 0.2) is 5.76 Å². The Kier molecular flexibility index (Phi) is 13.2. The first-order chi connectivity index (χ1) is 28.4. The summed E-state index contributed by atoms with van der Waals surface area (Å²) in [7, 11) is 1.47. The van der Waals surface area contributed by atoms with Gasteiger partial charge >= 0.3 is 18.0 Å². The summed E-state index contributed by atoms with van der Waals surface area (Å²) < 4.78 is 34.1. The fourth-order valence-electron chi connectivity index (χ4n) is 9.81. The van der Waals surface area contributed by atoms with Crippen LogP contribution in [0.5, 0.6) is 0 Å². The molecule has 17 nitrogen and oxygen atoms in total. The van der Waals surface area contributed by atoms with Crippen molar-refractivity contribution in [3.8, 4) is 0 Å². The Bertz CT molecular complexity index is 1880. The molecule has 3 fully saturated rings. The van der Waals surface area contributed by atoms with Gasteiger partial charge in [-0.15, -0.1) is 0 Å². The molecule has 4 heterocycles. The van der Waals surface area contributed by atoms with Crippen molar-refractivity contribution in [2.75, 3.05) is 59.0 Å². The maximum Gasteiger partial charge on any atom is 0.342 e. The molecule has 7 rings (SSSR count). The van der Waals surface area contributed by atoms with E-state index < -0.39 is 46.7 Å². The molecule has 1 saturated carbocycles. The normalized spacial score (nSPS) is 30.2. The van der Waals surface area contributed by atoms with E-state index in [1.54, 1.807) is 6.92 Å². The first kappa shape index (κ1) is 42.8. The molecule has 3 aliphatic carbocycles. The average Bonchev–Trinajstić information content (AvgIpc) is 3.98. The molecule has 0 radical (unpaired) electrons. The van der Waals surface area contributed by atoms with Crippen molar-refractivity contribution < 1.29 is 61.7 Å². The molecule has 59 heavy (non-hydrogen) atoms. The summed E-state index contributed by atoms with van der Waals surface area (Å²) in [6.45, 7) is 5.42. The van der Waals surface area contributed by atoms with Crippen molar-refractivity contribution in [1.82, 2.24) is 21.3 Å². The van der Waals surface area contributed by atoms with Crippen LogP contribution in [0.3, 0.4) is 0 Å². The molecule has 0 unspecified atom stereocenters. The number of nitrogens with one attached hydrogen (secondary N) is 4. The van der Waals surface area contributed by atoms with Crippen molar-refractivity contribution in [3.63, 3.8) is 0 Å². The van der Waals surface area contributed by atoms with Crippen LogP contribution in [0.2, 0.25) is 0 Å². The number of thioether (sulfide) groups is 1. The molecule has 322 valence electrons. The van der Waals surface area contributed by atoms with Gasteiger partial charge in [-0.25, -0.2) is 9.59 Å². The minimum absolute atomic E-state index is 0.000739. The average molecular weight is 843 g/mol. The van der Waals surface area contributed by atoms with Gasteiger partial charge in [-0.1, -0.05) is 13.3 Å². The Hall–Kier alpha value is -4.26. The van der Waals surface area contributed by atoms with Crippen molar-refractivity contribution in [2.24, 2.45) is 11.3 Å². The SMILES string of the molecule is COC[C@H]1OC(=O)c2coc3c2[C@@]1(C)C1=C(C3=O)[C@@H]2CCC(=O)[C@@]2(C)C[C@H]1OC(=O)CCC(=O)NCCOCCOCCNC(=O)CCCC[C@@H]1SC[C@@H]2NC(=O)N[C@@H]21. The van der Waals surface area contributed by atoms with Gasteiger partial charge in [0, 0.05) is 79.4 Å². The molecule has 3 aliphatic heterocycles. The van der Waals surface area contributed by atoms with Gasteiger partial charge in [-0.3, -0.25) is 24.0 Å². The third kappa shape index (κ3) is 8.55. The number of hydrogen-bond donors (Lipinski definition) is 4. The highest BCUT2D eigenvalue weighted by Crippen LogP contribution is 2.61. The van der Waals surface area contributed by atoms with E-state index in [-0.39, 0.29) is 92.5 Å². The Morgan fingerprint density at radius 3 is 2.41 bits per heavy atom. The van der Waals surface area contributed by atoms with Gasteiger partial charge in [0.1, 0.15) is 29.8 Å². The fraction of sp³-hybridized carbons (Fsp3) is 0.683. The van der Waals surface area contributed by atoms with Crippen molar-refractivity contribution >= 4 is 53.1 Å². The molecule has 4 N–H and O–H groups in total. The molecule has 8 atom stereocenters. The van der Waals surface area contributed by atoms with Gasteiger partial charge < -0.3 is 49.4 Å². The number of amides is 4. The molecule has 1 aromatic heterocycles. The Morgan fingerprint density at radius 1 is 0.949 bits per heavy atom. The fourth-order valence-corrected chi connectivity index (χ4v) is 11.4. The molecule has 18 heteroatoms. The monoisotopic (exact) mass is 842 g/mol. The molecule has 2 saturated heterocycles. The number of hydrogen-bond acceptors (Lipinski definition) is 14. The number of ketones is 2. The first-order valence-corrected chi connectivity index (χ1v) is 21.6. The van der Waals surface area contributed by atoms with E-state index in [9.17, 15) is 33.6 Å². The highest BCUT2D eigenvalue weighted by Gasteiger charge is 2.64. The summed E-state index contributed by atoms with van der Waals surface area (Å²) in [5, 5.41) is 11.9. The van der Waals surface area contributed by atoms with Crippen molar-refractivity contribution in [1.29, 1.82) is 0 Å².